The zero-order valence-corrected chi connectivity index (χ0v) is 9.86. The lowest BCUT2D eigenvalue weighted by Gasteiger charge is -2.10. The van der Waals surface area contributed by atoms with Gasteiger partial charge in [-0.3, -0.25) is 10.4 Å². The molecule has 6 heteroatoms. The average molecular weight is 263 g/mol. The zero-order valence-electron chi connectivity index (χ0n) is 9.86. The van der Waals surface area contributed by atoms with Crippen LogP contribution in [0.4, 0.5) is 8.78 Å². The molecule has 0 fully saturated rings. The molecule has 0 spiro atoms. The van der Waals surface area contributed by atoms with Crippen LogP contribution in [0.15, 0.2) is 36.5 Å². The fourth-order valence-corrected chi connectivity index (χ4v) is 1.57. The summed E-state index contributed by atoms with van der Waals surface area (Å²) in [5, 5.41) is 7.36. The molecule has 0 saturated carbocycles. The van der Waals surface area contributed by atoms with Gasteiger partial charge < -0.3 is 10.5 Å². The summed E-state index contributed by atoms with van der Waals surface area (Å²) in [6.07, 6.45) is 1.48. The lowest BCUT2D eigenvalue weighted by Crippen LogP contribution is -2.17. The Balaban J connectivity index is 2.22. The van der Waals surface area contributed by atoms with Gasteiger partial charge in [0.1, 0.15) is 18.1 Å². The molecule has 98 valence electrons. The molecule has 1 heterocycles. The van der Waals surface area contributed by atoms with E-state index in [4.69, 9.17) is 15.9 Å². The number of nitrogens with one attached hydrogen (secondary N) is 1. The van der Waals surface area contributed by atoms with Crippen molar-refractivity contribution in [3.8, 4) is 5.75 Å². The van der Waals surface area contributed by atoms with Gasteiger partial charge in [-0.1, -0.05) is 12.1 Å². The molecule has 3 N–H and O–H groups in total. The number of para-hydroxylation sites is 1. The van der Waals surface area contributed by atoms with Gasteiger partial charge in [0.05, 0.1) is 0 Å². The van der Waals surface area contributed by atoms with Crippen LogP contribution >= 0.6 is 0 Å². The quantitative estimate of drug-likeness (QED) is 0.656. The molecule has 19 heavy (non-hydrogen) atoms. The van der Waals surface area contributed by atoms with Gasteiger partial charge in [-0.05, 0) is 18.2 Å². The number of rotatable bonds is 4. The van der Waals surface area contributed by atoms with Gasteiger partial charge in [0.2, 0.25) is 0 Å². The minimum absolute atomic E-state index is 0.124. The number of benzene rings is 1. The van der Waals surface area contributed by atoms with Crippen LogP contribution in [-0.2, 0) is 6.61 Å². The number of amidine groups is 1. The van der Waals surface area contributed by atoms with Crippen LogP contribution in [0.3, 0.4) is 0 Å². The van der Waals surface area contributed by atoms with Gasteiger partial charge in [-0.15, -0.1) is 0 Å². The maximum atomic E-state index is 13.4. The first-order valence-electron chi connectivity index (χ1n) is 5.44. The Morgan fingerprint density at radius 1 is 1.21 bits per heavy atom. The van der Waals surface area contributed by atoms with Crippen molar-refractivity contribution in [3.63, 3.8) is 0 Å². The van der Waals surface area contributed by atoms with Gasteiger partial charge in [-0.25, -0.2) is 8.78 Å². The molecule has 0 amide bonds. The zero-order chi connectivity index (χ0) is 13.8. The van der Waals surface area contributed by atoms with E-state index >= 15 is 0 Å². The highest BCUT2D eigenvalue weighted by Gasteiger charge is 2.12. The van der Waals surface area contributed by atoms with Gasteiger partial charge in [0, 0.05) is 11.8 Å². The Morgan fingerprint density at radius 3 is 2.53 bits per heavy atom. The number of hydrogen-bond acceptors (Lipinski definition) is 3. The molecule has 2 rings (SSSR count). The molecule has 0 aliphatic rings. The summed E-state index contributed by atoms with van der Waals surface area (Å²) in [5.74, 6) is -2.25. The second-order valence-corrected chi connectivity index (χ2v) is 3.76. The second-order valence-electron chi connectivity index (χ2n) is 3.76. The first-order chi connectivity index (χ1) is 9.09. The van der Waals surface area contributed by atoms with Gasteiger partial charge >= 0.3 is 0 Å². The molecule has 0 unspecified atom stereocenters. The molecule has 0 aliphatic carbocycles. The summed E-state index contributed by atoms with van der Waals surface area (Å²) in [6, 6.07) is 6.72. The molecule has 0 saturated heterocycles. The normalized spacial score (nSPS) is 10.2. The van der Waals surface area contributed by atoms with E-state index in [2.05, 4.69) is 4.98 Å². The van der Waals surface area contributed by atoms with Gasteiger partial charge in [0.25, 0.3) is 0 Å². The fraction of sp³-hybridized carbons (Fsp3) is 0.0769. The van der Waals surface area contributed by atoms with Crippen molar-refractivity contribution in [2.75, 3.05) is 0 Å². The number of nitrogens with zero attached hydrogens (tertiary/aromatic N) is 1. The van der Waals surface area contributed by atoms with Crippen molar-refractivity contribution in [2.45, 2.75) is 6.61 Å². The molecule has 0 atom stereocenters. The maximum Gasteiger partial charge on any atom is 0.191 e. The Morgan fingerprint density at radius 2 is 1.89 bits per heavy atom. The van der Waals surface area contributed by atoms with Crippen LogP contribution < -0.4 is 10.5 Å². The number of nitrogens with two attached hydrogens (primary N) is 1. The van der Waals surface area contributed by atoms with Crippen molar-refractivity contribution in [1.82, 2.24) is 4.98 Å². The Labute approximate surface area is 108 Å². The predicted molar refractivity (Wildman–Crippen MR) is 65.9 cm³/mol. The van der Waals surface area contributed by atoms with E-state index < -0.39 is 17.4 Å². The molecule has 1 aromatic carbocycles. The summed E-state index contributed by atoms with van der Waals surface area (Å²) in [5.41, 5.74) is 6.08. The minimum Gasteiger partial charge on any atom is -0.483 e. The number of ether oxygens (including phenoxy) is 1. The van der Waals surface area contributed by atoms with Crippen LogP contribution in [0.1, 0.15) is 11.3 Å². The molecule has 0 radical (unpaired) electrons. The number of nitrogen functional groups attached to an aromatic ring is 1. The molecule has 4 nitrogen and oxygen atoms in total. The first-order valence-corrected chi connectivity index (χ1v) is 5.44. The van der Waals surface area contributed by atoms with E-state index in [0.29, 0.717) is 5.56 Å². The lowest BCUT2D eigenvalue weighted by atomic mass is 10.2. The monoisotopic (exact) mass is 263 g/mol. The van der Waals surface area contributed by atoms with Crippen LogP contribution in [0.5, 0.6) is 5.75 Å². The number of aromatic nitrogens is 1. The molecular formula is C13H11F2N3O. The second kappa shape index (κ2) is 5.43. The highest BCUT2D eigenvalue weighted by Crippen LogP contribution is 2.22. The molecule has 2 aromatic rings. The highest BCUT2D eigenvalue weighted by atomic mass is 19.1. The van der Waals surface area contributed by atoms with E-state index in [-0.39, 0.29) is 18.1 Å². The molecular weight excluding hydrogens is 252 g/mol. The SMILES string of the molecule is N=C(N)c1ncccc1COc1c(F)cccc1F. The van der Waals surface area contributed by atoms with E-state index in [1.54, 1.807) is 12.1 Å². The van der Waals surface area contributed by atoms with Crippen molar-refractivity contribution < 1.29 is 13.5 Å². The summed E-state index contributed by atoms with van der Waals surface area (Å²) >= 11 is 0. The van der Waals surface area contributed by atoms with Crippen molar-refractivity contribution >= 4 is 5.84 Å². The van der Waals surface area contributed by atoms with Crippen molar-refractivity contribution in [3.05, 3.63) is 59.4 Å². The minimum atomic E-state index is -0.784. The smallest absolute Gasteiger partial charge is 0.191 e. The predicted octanol–water partition coefficient (Wildman–Crippen LogP) is 2.22. The maximum absolute atomic E-state index is 13.4. The van der Waals surface area contributed by atoms with Crippen molar-refractivity contribution in [2.24, 2.45) is 5.73 Å². The number of hydrogen-bond donors (Lipinski definition) is 2. The third-order valence-electron chi connectivity index (χ3n) is 2.44. The average Bonchev–Trinajstić information content (AvgIpc) is 2.38. The van der Waals surface area contributed by atoms with Gasteiger partial charge in [-0.2, -0.15) is 0 Å². The number of pyridine rings is 1. The fourth-order valence-electron chi connectivity index (χ4n) is 1.57. The standard InChI is InChI=1S/C13H11F2N3O/c14-9-4-1-5-10(15)12(9)19-7-8-3-2-6-18-11(8)13(16)17/h1-6H,7H2,(H3,16,17). The van der Waals surface area contributed by atoms with E-state index in [1.165, 1.54) is 12.3 Å². The Kier molecular flexibility index (Phi) is 3.70. The largest absolute Gasteiger partial charge is 0.483 e. The number of halogens is 2. The molecule has 0 aliphatic heterocycles. The van der Waals surface area contributed by atoms with Crippen LogP contribution in [-0.4, -0.2) is 10.8 Å². The van der Waals surface area contributed by atoms with Crippen LogP contribution in [0, 0.1) is 17.0 Å². The lowest BCUT2D eigenvalue weighted by molar-refractivity contribution is 0.273. The summed E-state index contributed by atoms with van der Waals surface area (Å²) < 4.78 is 31.8. The molecule has 0 bridgehead atoms. The Bertz CT molecular complexity index is 596. The van der Waals surface area contributed by atoms with Crippen LogP contribution in [0.25, 0.3) is 0 Å². The third kappa shape index (κ3) is 2.85. The van der Waals surface area contributed by atoms with Crippen molar-refractivity contribution in [1.29, 1.82) is 5.41 Å². The summed E-state index contributed by atoms with van der Waals surface area (Å²) in [7, 11) is 0. The topological polar surface area (TPSA) is 72.0 Å². The summed E-state index contributed by atoms with van der Waals surface area (Å²) in [6.45, 7) is -0.124. The van der Waals surface area contributed by atoms with E-state index in [0.717, 1.165) is 12.1 Å². The third-order valence-corrected chi connectivity index (χ3v) is 2.44. The molecule has 1 aromatic heterocycles. The highest BCUT2D eigenvalue weighted by molar-refractivity contribution is 5.94. The van der Waals surface area contributed by atoms with Gasteiger partial charge in [0.15, 0.2) is 17.4 Å². The van der Waals surface area contributed by atoms with E-state index in [1.807, 2.05) is 0 Å². The van der Waals surface area contributed by atoms with Crippen LogP contribution in [0.2, 0.25) is 0 Å². The van der Waals surface area contributed by atoms with E-state index in [9.17, 15) is 8.78 Å². The first kappa shape index (κ1) is 12.9. The summed E-state index contributed by atoms with van der Waals surface area (Å²) in [4.78, 5) is 3.92. The Hall–Kier alpha value is -2.50.